The predicted octanol–water partition coefficient (Wildman–Crippen LogP) is 1.67. The lowest BCUT2D eigenvalue weighted by molar-refractivity contribution is -0.133. The normalized spacial score (nSPS) is 31.7. The van der Waals surface area contributed by atoms with Crippen LogP contribution in [0.15, 0.2) is 28.3 Å². The van der Waals surface area contributed by atoms with E-state index in [2.05, 4.69) is 9.30 Å². The molecule has 1 aliphatic carbocycles. The van der Waals surface area contributed by atoms with Gasteiger partial charge < -0.3 is 9.80 Å². The van der Waals surface area contributed by atoms with Crippen molar-refractivity contribution in [3.8, 4) is 0 Å². The average molecular weight is 349 g/mol. The van der Waals surface area contributed by atoms with Gasteiger partial charge in [-0.25, -0.2) is 8.42 Å². The summed E-state index contributed by atoms with van der Waals surface area (Å²) in [6, 6.07) is 0.381. The van der Waals surface area contributed by atoms with Crippen LogP contribution in [0.2, 0.25) is 0 Å². The Bertz CT molecular complexity index is 736. The maximum absolute atomic E-state index is 13.0. The molecular formula is C17H23N3O3S. The number of amides is 1. The largest absolute Gasteiger partial charge is 0.335 e. The number of hydrogen-bond acceptors (Lipinski definition) is 4. The van der Waals surface area contributed by atoms with Crippen LogP contribution in [0.5, 0.6) is 0 Å². The monoisotopic (exact) mass is 349 g/mol. The molecule has 3 heterocycles. The molecule has 1 amide bonds. The molecule has 0 spiro atoms. The fourth-order valence-corrected chi connectivity index (χ4v) is 5.34. The molecule has 3 aliphatic heterocycles. The van der Waals surface area contributed by atoms with Crippen molar-refractivity contribution in [1.82, 2.24) is 9.80 Å². The lowest BCUT2D eigenvalue weighted by atomic mass is 9.78. The lowest BCUT2D eigenvalue weighted by Gasteiger charge is -2.44. The maximum atomic E-state index is 13.0. The van der Waals surface area contributed by atoms with Crippen LogP contribution in [-0.4, -0.2) is 54.8 Å². The molecule has 0 unspecified atom stereocenters. The Morgan fingerprint density at radius 2 is 1.88 bits per heavy atom. The highest BCUT2D eigenvalue weighted by atomic mass is 32.2. The van der Waals surface area contributed by atoms with Crippen molar-refractivity contribution < 1.29 is 13.2 Å². The van der Waals surface area contributed by atoms with Crippen LogP contribution in [0, 0.1) is 5.92 Å². The van der Waals surface area contributed by atoms with Crippen molar-refractivity contribution in [2.75, 3.05) is 18.8 Å². The van der Waals surface area contributed by atoms with Crippen molar-refractivity contribution in [2.24, 2.45) is 10.3 Å². The number of carbonyl (C=O) groups is 1. The van der Waals surface area contributed by atoms with Crippen molar-refractivity contribution in [3.63, 3.8) is 0 Å². The van der Waals surface area contributed by atoms with E-state index < -0.39 is 10.0 Å². The van der Waals surface area contributed by atoms with E-state index in [1.54, 1.807) is 23.3 Å². The molecule has 2 atom stereocenters. The summed E-state index contributed by atoms with van der Waals surface area (Å²) in [4.78, 5) is 16.9. The molecule has 0 N–H and O–H groups in total. The van der Waals surface area contributed by atoms with E-state index >= 15 is 0 Å². The van der Waals surface area contributed by atoms with Gasteiger partial charge in [0.2, 0.25) is 0 Å². The minimum atomic E-state index is -3.36. The number of piperidine rings is 1. The topological polar surface area (TPSA) is 70.0 Å². The summed E-state index contributed by atoms with van der Waals surface area (Å²) in [5.74, 6) is 1.14. The third-order valence-corrected chi connectivity index (χ3v) is 6.74. The quantitative estimate of drug-likeness (QED) is 0.722. The molecule has 4 aliphatic rings. The first-order valence-electron chi connectivity index (χ1n) is 8.84. The van der Waals surface area contributed by atoms with Crippen molar-refractivity contribution in [1.29, 1.82) is 0 Å². The van der Waals surface area contributed by atoms with Crippen LogP contribution in [0.25, 0.3) is 0 Å². The van der Waals surface area contributed by atoms with Gasteiger partial charge in [-0.1, -0.05) is 12.8 Å². The molecule has 0 aromatic carbocycles. The number of sulfonamides is 1. The molecule has 7 heteroatoms. The lowest BCUT2D eigenvalue weighted by Crippen LogP contribution is -2.50. The fourth-order valence-electron chi connectivity index (χ4n) is 4.37. The molecule has 130 valence electrons. The standard InChI is InChI=1S/C17H23N3O3S/c21-17(20-9-3-5-13-4-1-2-6-15(13)20)14-7-8-16-18-24(22,23)11-10-19(16)12-14/h7-8,12-13,15H,1-6,9-11H2/t13-,15+/m1/s1. The molecule has 0 bridgehead atoms. The molecule has 0 radical (unpaired) electrons. The number of carbonyl (C=O) groups excluding carboxylic acids is 1. The molecule has 24 heavy (non-hydrogen) atoms. The van der Waals surface area contributed by atoms with Crippen LogP contribution in [0.3, 0.4) is 0 Å². The third-order valence-electron chi connectivity index (χ3n) is 5.57. The van der Waals surface area contributed by atoms with Gasteiger partial charge in [0.15, 0.2) is 0 Å². The van der Waals surface area contributed by atoms with Gasteiger partial charge in [0, 0.05) is 25.3 Å². The number of likely N-dealkylation sites (tertiary alicyclic amines) is 1. The van der Waals surface area contributed by atoms with E-state index in [4.69, 9.17) is 0 Å². The summed E-state index contributed by atoms with van der Waals surface area (Å²) < 4.78 is 26.9. The van der Waals surface area contributed by atoms with E-state index in [0.717, 1.165) is 19.4 Å². The minimum Gasteiger partial charge on any atom is -0.335 e. The van der Waals surface area contributed by atoms with Crippen LogP contribution in [0.4, 0.5) is 0 Å². The van der Waals surface area contributed by atoms with Gasteiger partial charge in [0.05, 0.1) is 11.3 Å². The highest BCUT2D eigenvalue weighted by molar-refractivity contribution is 7.90. The second-order valence-electron chi connectivity index (χ2n) is 7.10. The number of fused-ring (bicyclic) bond motifs is 2. The van der Waals surface area contributed by atoms with Crippen LogP contribution < -0.4 is 0 Å². The summed E-state index contributed by atoms with van der Waals surface area (Å²) in [7, 11) is -3.36. The zero-order valence-corrected chi connectivity index (χ0v) is 14.5. The van der Waals surface area contributed by atoms with Gasteiger partial charge in [-0.15, -0.1) is 4.40 Å². The highest BCUT2D eigenvalue weighted by Gasteiger charge is 2.37. The second kappa shape index (κ2) is 6.02. The SMILES string of the molecule is O=C(C1=CN2CCS(=O)(=O)N=C2C=C1)N1CCC[C@H]2CCCC[C@@H]21. The first-order valence-corrected chi connectivity index (χ1v) is 10.4. The van der Waals surface area contributed by atoms with Crippen LogP contribution in [-0.2, 0) is 14.8 Å². The summed E-state index contributed by atoms with van der Waals surface area (Å²) in [5, 5.41) is 0. The van der Waals surface area contributed by atoms with Gasteiger partial charge >= 0.3 is 0 Å². The number of rotatable bonds is 1. The molecule has 1 saturated carbocycles. The van der Waals surface area contributed by atoms with Crippen molar-refractivity contribution in [2.45, 2.75) is 44.6 Å². The van der Waals surface area contributed by atoms with E-state index in [1.807, 2.05) is 0 Å². The molecule has 6 nitrogen and oxygen atoms in total. The summed E-state index contributed by atoms with van der Waals surface area (Å²) in [6.07, 6.45) is 12.3. The van der Waals surface area contributed by atoms with E-state index in [9.17, 15) is 13.2 Å². The Labute approximate surface area is 143 Å². The second-order valence-corrected chi connectivity index (χ2v) is 8.85. The van der Waals surface area contributed by atoms with Crippen molar-refractivity contribution >= 4 is 21.8 Å². The Morgan fingerprint density at radius 1 is 1.08 bits per heavy atom. The first-order chi connectivity index (χ1) is 11.5. The average Bonchev–Trinajstić information content (AvgIpc) is 2.59. The zero-order chi connectivity index (χ0) is 16.7. The number of amidine groups is 1. The Balaban J connectivity index is 1.55. The molecule has 4 rings (SSSR count). The predicted molar refractivity (Wildman–Crippen MR) is 91.8 cm³/mol. The zero-order valence-electron chi connectivity index (χ0n) is 13.7. The maximum Gasteiger partial charge on any atom is 0.256 e. The van der Waals surface area contributed by atoms with Gasteiger partial charge in [0.25, 0.3) is 15.9 Å². The Hall–Kier alpha value is -1.63. The molecular weight excluding hydrogens is 326 g/mol. The summed E-state index contributed by atoms with van der Waals surface area (Å²) >= 11 is 0. The van der Waals surface area contributed by atoms with E-state index in [0.29, 0.717) is 29.9 Å². The number of nitrogens with zero attached hydrogens (tertiary/aromatic N) is 3. The summed E-state index contributed by atoms with van der Waals surface area (Å²) in [6.45, 7) is 1.19. The smallest absolute Gasteiger partial charge is 0.256 e. The number of hydrogen-bond donors (Lipinski definition) is 0. The van der Waals surface area contributed by atoms with Gasteiger partial charge in [-0.3, -0.25) is 4.79 Å². The van der Waals surface area contributed by atoms with Crippen molar-refractivity contribution in [3.05, 3.63) is 23.9 Å². The molecule has 0 aromatic rings. The van der Waals surface area contributed by atoms with Gasteiger partial charge in [-0.05, 0) is 43.8 Å². The Kier molecular flexibility index (Phi) is 3.98. The molecule has 1 saturated heterocycles. The Morgan fingerprint density at radius 3 is 2.75 bits per heavy atom. The molecule has 2 fully saturated rings. The fraction of sp³-hybridized carbons (Fsp3) is 0.647. The van der Waals surface area contributed by atoms with Gasteiger partial charge in [-0.2, -0.15) is 0 Å². The highest BCUT2D eigenvalue weighted by Crippen LogP contribution is 2.36. The van der Waals surface area contributed by atoms with E-state index in [1.165, 1.54) is 25.7 Å². The van der Waals surface area contributed by atoms with Crippen LogP contribution >= 0.6 is 0 Å². The van der Waals surface area contributed by atoms with E-state index in [-0.39, 0.29) is 11.7 Å². The third kappa shape index (κ3) is 2.90. The van der Waals surface area contributed by atoms with Crippen LogP contribution in [0.1, 0.15) is 38.5 Å². The molecule has 0 aromatic heterocycles. The minimum absolute atomic E-state index is 0.00325. The van der Waals surface area contributed by atoms with Gasteiger partial charge in [0.1, 0.15) is 5.84 Å². The first kappa shape index (κ1) is 15.9. The summed E-state index contributed by atoms with van der Waals surface area (Å²) in [5.41, 5.74) is 0.638.